The lowest BCUT2D eigenvalue weighted by Crippen LogP contribution is -2.33. The van der Waals surface area contributed by atoms with Gasteiger partial charge >= 0.3 is 0 Å². The van der Waals surface area contributed by atoms with Crippen LogP contribution < -0.4 is 5.32 Å². The van der Waals surface area contributed by atoms with Crippen LogP contribution in [-0.2, 0) is 12.8 Å². The van der Waals surface area contributed by atoms with E-state index in [1.807, 2.05) is 4.90 Å². The lowest BCUT2D eigenvalue weighted by atomic mass is 10.1. The van der Waals surface area contributed by atoms with Crippen LogP contribution in [0.3, 0.4) is 0 Å². The molecule has 0 spiro atoms. The number of carbonyl (C=O) groups is 1. The first-order chi connectivity index (χ1) is 9.26. The van der Waals surface area contributed by atoms with E-state index in [2.05, 4.69) is 25.2 Å². The number of nitrogens with one attached hydrogen (secondary N) is 1. The standard InChI is InChI=1S/C15H24N2OS.ClH/c1-3-6-13-12(4-2)11-14(19-13)15(18)17-9-5-7-16-8-10-17;/h11,16H,3-10H2,1-2H3;1H. The summed E-state index contributed by atoms with van der Waals surface area (Å²) in [6.45, 7) is 8.02. The van der Waals surface area contributed by atoms with E-state index < -0.39 is 0 Å². The fourth-order valence-electron chi connectivity index (χ4n) is 2.51. The molecule has 0 aliphatic carbocycles. The highest BCUT2D eigenvalue weighted by molar-refractivity contribution is 7.14. The summed E-state index contributed by atoms with van der Waals surface area (Å²) in [5.41, 5.74) is 1.36. The van der Waals surface area contributed by atoms with Gasteiger partial charge in [0, 0.05) is 24.5 Å². The molecule has 1 N–H and O–H groups in total. The smallest absolute Gasteiger partial charge is 0.263 e. The molecule has 0 radical (unpaired) electrons. The molecule has 2 rings (SSSR count). The average Bonchev–Trinajstić information content (AvgIpc) is 2.64. The molecule has 114 valence electrons. The monoisotopic (exact) mass is 316 g/mol. The van der Waals surface area contributed by atoms with Crippen LogP contribution >= 0.6 is 23.7 Å². The van der Waals surface area contributed by atoms with Crippen molar-refractivity contribution in [2.75, 3.05) is 26.2 Å². The van der Waals surface area contributed by atoms with Crippen LogP contribution in [0.2, 0.25) is 0 Å². The molecule has 3 nitrogen and oxygen atoms in total. The average molecular weight is 317 g/mol. The maximum Gasteiger partial charge on any atom is 0.263 e. The molecule has 2 heterocycles. The minimum Gasteiger partial charge on any atom is -0.337 e. The lowest BCUT2D eigenvalue weighted by molar-refractivity contribution is 0.0771. The van der Waals surface area contributed by atoms with Gasteiger partial charge in [-0.1, -0.05) is 20.3 Å². The molecule has 20 heavy (non-hydrogen) atoms. The molecule has 0 saturated carbocycles. The molecule has 1 fully saturated rings. The van der Waals surface area contributed by atoms with Gasteiger partial charge in [-0.05, 0) is 37.4 Å². The Morgan fingerprint density at radius 3 is 2.85 bits per heavy atom. The highest BCUT2D eigenvalue weighted by Gasteiger charge is 2.20. The molecule has 1 aromatic heterocycles. The van der Waals surface area contributed by atoms with Crippen molar-refractivity contribution in [3.63, 3.8) is 0 Å². The molecule has 0 atom stereocenters. The van der Waals surface area contributed by atoms with E-state index in [-0.39, 0.29) is 18.3 Å². The van der Waals surface area contributed by atoms with Crippen molar-refractivity contribution in [3.05, 3.63) is 21.4 Å². The van der Waals surface area contributed by atoms with Crippen LogP contribution in [0.25, 0.3) is 0 Å². The molecule has 5 heteroatoms. The second kappa shape index (κ2) is 8.65. The number of hydrogen-bond acceptors (Lipinski definition) is 3. The number of aryl methyl sites for hydroxylation is 2. The molecular formula is C15H25ClN2OS. The summed E-state index contributed by atoms with van der Waals surface area (Å²) in [5, 5.41) is 3.34. The van der Waals surface area contributed by atoms with Gasteiger partial charge in [0.15, 0.2) is 0 Å². The van der Waals surface area contributed by atoms with E-state index in [9.17, 15) is 4.79 Å². The van der Waals surface area contributed by atoms with E-state index in [4.69, 9.17) is 0 Å². The molecule has 1 aliphatic heterocycles. The van der Waals surface area contributed by atoms with Crippen molar-refractivity contribution in [1.82, 2.24) is 10.2 Å². The van der Waals surface area contributed by atoms with Gasteiger partial charge in [0.05, 0.1) is 4.88 Å². The number of hydrogen-bond donors (Lipinski definition) is 1. The maximum absolute atomic E-state index is 12.5. The molecule has 1 saturated heterocycles. The first kappa shape index (κ1) is 17.5. The van der Waals surface area contributed by atoms with Gasteiger partial charge in [0.1, 0.15) is 0 Å². The highest BCUT2D eigenvalue weighted by Crippen LogP contribution is 2.26. The second-order valence-corrected chi connectivity index (χ2v) is 6.20. The lowest BCUT2D eigenvalue weighted by Gasteiger charge is -2.18. The number of halogens is 1. The maximum atomic E-state index is 12.5. The molecule has 1 aliphatic rings. The first-order valence-corrected chi connectivity index (χ1v) is 8.19. The second-order valence-electron chi connectivity index (χ2n) is 5.06. The normalized spacial score (nSPS) is 15.6. The van der Waals surface area contributed by atoms with Gasteiger partial charge in [-0.15, -0.1) is 23.7 Å². The highest BCUT2D eigenvalue weighted by atomic mass is 35.5. The number of rotatable bonds is 4. The van der Waals surface area contributed by atoms with E-state index in [1.165, 1.54) is 10.4 Å². The minimum atomic E-state index is 0. The van der Waals surface area contributed by atoms with Crippen molar-refractivity contribution < 1.29 is 4.79 Å². The van der Waals surface area contributed by atoms with Crippen LogP contribution in [0.5, 0.6) is 0 Å². The zero-order valence-corrected chi connectivity index (χ0v) is 14.0. The van der Waals surface area contributed by atoms with Gasteiger partial charge in [0.25, 0.3) is 5.91 Å². The van der Waals surface area contributed by atoms with Gasteiger partial charge in [-0.2, -0.15) is 0 Å². The Hall–Kier alpha value is -0.580. The fourth-order valence-corrected chi connectivity index (χ4v) is 3.84. The Kier molecular flexibility index (Phi) is 7.56. The number of carbonyl (C=O) groups excluding carboxylic acids is 1. The third-order valence-corrected chi connectivity index (χ3v) is 4.82. The zero-order chi connectivity index (χ0) is 13.7. The van der Waals surface area contributed by atoms with E-state index in [1.54, 1.807) is 11.3 Å². The van der Waals surface area contributed by atoms with Gasteiger partial charge in [0.2, 0.25) is 0 Å². The van der Waals surface area contributed by atoms with Crippen LogP contribution in [0.15, 0.2) is 6.07 Å². The van der Waals surface area contributed by atoms with Gasteiger partial charge < -0.3 is 10.2 Å². The quantitative estimate of drug-likeness (QED) is 0.925. The Labute approximate surface area is 132 Å². The van der Waals surface area contributed by atoms with Crippen molar-refractivity contribution >= 4 is 29.7 Å². The molecule has 0 bridgehead atoms. The summed E-state index contributed by atoms with van der Waals surface area (Å²) < 4.78 is 0. The summed E-state index contributed by atoms with van der Waals surface area (Å²) in [6.07, 6.45) is 4.33. The van der Waals surface area contributed by atoms with E-state index in [0.717, 1.165) is 56.7 Å². The van der Waals surface area contributed by atoms with Crippen LogP contribution in [0, 0.1) is 0 Å². The zero-order valence-electron chi connectivity index (χ0n) is 12.4. The molecule has 1 amide bonds. The Morgan fingerprint density at radius 2 is 2.15 bits per heavy atom. The van der Waals surface area contributed by atoms with Crippen molar-refractivity contribution in [3.8, 4) is 0 Å². The number of thiophene rings is 1. The van der Waals surface area contributed by atoms with Gasteiger partial charge in [-0.3, -0.25) is 4.79 Å². The summed E-state index contributed by atoms with van der Waals surface area (Å²) >= 11 is 1.71. The SMILES string of the molecule is CCCc1sc(C(=O)N2CCCNCC2)cc1CC.Cl. The Bertz CT molecular complexity index is 426. The van der Waals surface area contributed by atoms with Crippen molar-refractivity contribution in [2.24, 2.45) is 0 Å². The summed E-state index contributed by atoms with van der Waals surface area (Å²) in [5.74, 6) is 0.228. The van der Waals surface area contributed by atoms with E-state index in [0.29, 0.717) is 0 Å². The first-order valence-electron chi connectivity index (χ1n) is 7.37. The summed E-state index contributed by atoms with van der Waals surface area (Å²) in [6, 6.07) is 2.12. The molecule has 0 unspecified atom stereocenters. The van der Waals surface area contributed by atoms with Crippen LogP contribution in [-0.4, -0.2) is 37.0 Å². The molecule has 0 aromatic carbocycles. The minimum absolute atomic E-state index is 0. The van der Waals surface area contributed by atoms with Crippen LogP contribution in [0.1, 0.15) is 46.8 Å². The van der Waals surface area contributed by atoms with E-state index >= 15 is 0 Å². The van der Waals surface area contributed by atoms with Gasteiger partial charge in [-0.25, -0.2) is 0 Å². The van der Waals surface area contributed by atoms with Crippen molar-refractivity contribution in [1.29, 1.82) is 0 Å². The van der Waals surface area contributed by atoms with Crippen LogP contribution in [0.4, 0.5) is 0 Å². The summed E-state index contributed by atoms with van der Waals surface area (Å²) in [4.78, 5) is 16.9. The molecular weight excluding hydrogens is 292 g/mol. The topological polar surface area (TPSA) is 32.3 Å². The number of amides is 1. The van der Waals surface area contributed by atoms with Crippen molar-refractivity contribution in [2.45, 2.75) is 39.5 Å². The predicted molar refractivity (Wildman–Crippen MR) is 88.3 cm³/mol. The summed E-state index contributed by atoms with van der Waals surface area (Å²) in [7, 11) is 0. The number of nitrogens with zero attached hydrogens (tertiary/aromatic N) is 1. The molecule has 1 aromatic rings. The third-order valence-electron chi connectivity index (χ3n) is 3.59. The predicted octanol–water partition coefficient (Wildman–Crippen LogP) is 3.12. The Balaban J connectivity index is 0.00000200. The Morgan fingerprint density at radius 1 is 1.35 bits per heavy atom. The largest absolute Gasteiger partial charge is 0.337 e. The fraction of sp³-hybridized carbons (Fsp3) is 0.667. The third kappa shape index (κ3) is 4.21.